The molecule has 0 aliphatic rings. The van der Waals surface area contributed by atoms with Gasteiger partial charge in [0.05, 0.1) is 15.2 Å². The molecule has 3 aromatic rings. The SMILES string of the molecule is Cc1nc2ccc(NC(=O)c3ccc(N)cc3)cc2s1. The highest BCUT2D eigenvalue weighted by Crippen LogP contribution is 2.25. The summed E-state index contributed by atoms with van der Waals surface area (Å²) in [5.74, 6) is -0.148. The number of nitrogens with zero attached hydrogens (tertiary/aromatic N) is 1. The first kappa shape index (κ1) is 12.6. The van der Waals surface area contributed by atoms with Gasteiger partial charge in [-0.25, -0.2) is 4.98 Å². The highest BCUT2D eigenvalue weighted by Gasteiger charge is 2.07. The zero-order valence-corrected chi connectivity index (χ0v) is 11.7. The summed E-state index contributed by atoms with van der Waals surface area (Å²) in [4.78, 5) is 16.5. The van der Waals surface area contributed by atoms with Crippen LogP contribution < -0.4 is 11.1 Å². The number of nitrogens with two attached hydrogens (primary N) is 1. The number of anilines is 2. The van der Waals surface area contributed by atoms with Gasteiger partial charge in [-0.05, 0) is 49.4 Å². The van der Waals surface area contributed by atoms with E-state index in [2.05, 4.69) is 10.3 Å². The van der Waals surface area contributed by atoms with E-state index in [9.17, 15) is 4.79 Å². The molecule has 0 saturated heterocycles. The average Bonchev–Trinajstić information content (AvgIpc) is 2.78. The van der Waals surface area contributed by atoms with Crippen molar-refractivity contribution in [1.82, 2.24) is 4.98 Å². The summed E-state index contributed by atoms with van der Waals surface area (Å²) in [7, 11) is 0. The van der Waals surface area contributed by atoms with Crippen LogP contribution in [0.5, 0.6) is 0 Å². The molecule has 20 heavy (non-hydrogen) atoms. The van der Waals surface area contributed by atoms with E-state index < -0.39 is 0 Å². The molecule has 2 aromatic carbocycles. The van der Waals surface area contributed by atoms with Gasteiger partial charge in [-0.3, -0.25) is 4.79 Å². The van der Waals surface area contributed by atoms with Gasteiger partial charge in [0.15, 0.2) is 0 Å². The number of fused-ring (bicyclic) bond motifs is 1. The van der Waals surface area contributed by atoms with Crippen LogP contribution in [0.3, 0.4) is 0 Å². The van der Waals surface area contributed by atoms with Gasteiger partial charge in [0.2, 0.25) is 0 Å². The summed E-state index contributed by atoms with van der Waals surface area (Å²) < 4.78 is 1.07. The number of amides is 1. The lowest BCUT2D eigenvalue weighted by Crippen LogP contribution is -2.11. The summed E-state index contributed by atoms with van der Waals surface area (Å²) in [5.41, 5.74) is 8.55. The van der Waals surface area contributed by atoms with Crippen molar-refractivity contribution in [2.45, 2.75) is 6.92 Å². The molecule has 1 aromatic heterocycles. The third-order valence-corrected chi connectivity index (χ3v) is 3.86. The minimum Gasteiger partial charge on any atom is -0.399 e. The van der Waals surface area contributed by atoms with Crippen molar-refractivity contribution in [1.29, 1.82) is 0 Å². The second-order valence-corrected chi connectivity index (χ2v) is 5.73. The number of nitrogens with one attached hydrogen (secondary N) is 1. The van der Waals surface area contributed by atoms with Crippen LogP contribution in [0.25, 0.3) is 10.2 Å². The Morgan fingerprint density at radius 1 is 1.20 bits per heavy atom. The number of rotatable bonds is 2. The number of hydrogen-bond donors (Lipinski definition) is 2. The zero-order valence-electron chi connectivity index (χ0n) is 10.9. The molecule has 0 aliphatic carbocycles. The monoisotopic (exact) mass is 283 g/mol. The molecule has 3 N–H and O–H groups in total. The molecule has 5 heteroatoms. The van der Waals surface area contributed by atoms with Crippen LogP contribution in [0.4, 0.5) is 11.4 Å². The second kappa shape index (κ2) is 4.94. The number of benzene rings is 2. The maximum atomic E-state index is 12.1. The smallest absolute Gasteiger partial charge is 0.255 e. The third kappa shape index (κ3) is 2.48. The number of aromatic nitrogens is 1. The Labute approximate surface area is 120 Å². The Hall–Kier alpha value is -2.40. The van der Waals surface area contributed by atoms with E-state index in [4.69, 9.17) is 5.73 Å². The standard InChI is InChI=1S/C15H13N3OS/c1-9-17-13-7-6-12(8-14(13)20-9)18-15(19)10-2-4-11(16)5-3-10/h2-8H,16H2,1H3,(H,18,19). The number of aryl methyl sites for hydroxylation is 1. The molecule has 0 bridgehead atoms. The summed E-state index contributed by atoms with van der Waals surface area (Å²) in [5, 5.41) is 3.89. The van der Waals surface area contributed by atoms with Crippen molar-refractivity contribution < 1.29 is 4.79 Å². The van der Waals surface area contributed by atoms with Crippen molar-refractivity contribution in [2.75, 3.05) is 11.1 Å². The van der Waals surface area contributed by atoms with Crippen molar-refractivity contribution in [3.05, 3.63) is 53.0 Å². The van der Waals surface area contributed by atoms with Gasteiger partial charge in [-0.15, -0.1) is 11.3 Å². The molecular formula is C15H13N3OS. The molecule has 0 aliphatic heterocycles. The van der Waals surface area contributed by atoms with Crippen LogP contribution in [-0.2, 0) is 0 Å². The zero-order chi connectivity index (χ0) is 14.1. The van der Waals surface area contributed by atoms with E-state index in [1.165, 1.54) is 0 Å². The molecule has 1 heterocycles. The minimum atomic E-state index is -0.148. The van der Waals surface area contributed by atoms with Crippen LogP contribution in [0.2, 0.25) is 0 Å². The molecular weight excluding hydrogens is 270 g/mol. The molecule has 0 spiro atoms. The maximum Gasteiger partial charge on any atom is 0.255 e. The molecule has 1 amide bonds. The van der Waals surface area contributed by atoms with Crippen LogP contribution in [0.1, 0.15) is 15.4 Å². The van der Waals surface area contributed by atoms with Gasteiger partial charge in [0.25, 0.3) is 5.91 Å². The van der Waals surface area contributed by atoms with Gasteiger partial charge < -0.3 is 11.1 Å². The first-order valence-electron chi connectivity index (χ1n) is 6.16. The van der Waals surface area contributed by atoms with Gasteiger partial charge in [-0.1, -0.05) is 0 Å². The number of carbonyl (C=O) groups is 1. The van der Waals surface area contributed by atoms with Crippen LogP contribution in [-0.4, -0.2) is 10.9 Å². The number of nitrogen functional groups attached to an aromatic ring is 1. The molecule has 0 atom stereocenters. The fraction of sp³-hybridized carbons (Fsp3) is 0.0667. The molecule has 0 radical (unpaired) electrons. The summed E-state index contributed by atoms with van der Waals surface area (Å²) in [6.07, 6.45) is 0. The van der Waals surface area contributed by atoms with E-state index in [1.54, 1.807) is 35.6 Å². The molecule has 0 unspecified atom stereocenters. The van der Waals surface area contributed by atoms with Crippen molar-refractivity contribution >= 4 is 38.8 Å². The van der Waals surface area contributed by atoms with Crippen LogP contribution in [0, 0.1) is 6.92 Å². The van der Waals surface area contributed by atoms with E-state index in [0.29, 0.717) is 11.3 Å². The lowest BCUT2D eigenvalue weighted by atomic mass is 10.2. The Balaban J connectivity index is 1.84. The Morgan fingerprint density at radius 3 is 2.70 bits per heavy atom. The molecule has 0 saturated carbocycles. The Bertz CT molecular complexity index is 777. The normalized spacial score (nSPS) is 10.7. The highest BCUT2D eigenvalue weighted by molar-refractivity contribution is 7.18. The van der Waals surface area contributed by atoms with Gasteiger partial charge in [-0.2, -0.15) is 0 Å². The van der Waals surface area contributed by atoms with Gasteiger partial charge in [0.1, 0.15) is 0 Å². The number of thiazole rings is 1. The Morgan fingerprint density at radius 2 is 1.95 bits per heavy atom. The van der Waals surface area contributed by atoms with Crippen LogP contribution >= 0.6 is 11.3 Å². The van der Waals surface area contributed by atoms with E-state index in [0.717, 1.165) is 20.9 Å². The lowest BCUT2D eigenvalue weighted by Gasteiger charge is -2.05. The summed E-state index contributed by atoms with van der Waals surface area (Å²) in [6, 6.07) is 12.6. The molecule has 3 rings (SSSR count). The third-order valence-electron chi connectivity index (χ3n) is 2.93. The average molecular weight is 283 g/mol. The molecule has 100 valence electrons. The van der Waals surface area contributed by atoms with Crippen molar-refractivity contribution in [3.8, 4) is 0 Å². The fourth-order valence-electron chi connectivity index (χ4n) is 1.96. The first-order chi connectivity index (χ1) is 9.61. The predicted octanol–water partition coefficient (Wildman–Crippen LogP) is 3.44. The largest absolute Gasteiger partial charge is 0.399 e. The molecule has 0 fully saturated rings. The summed E-state index contributed by atoms with van der Waals surface area (Å²) >= 11 is 1.61. The topological polar surface area (TPSA) is 68.0 Å². The number of carbonyl (C=O) groups excluding carboxylic acids is 1. The second-order valence-electron chi connectivity index (χ2n) is 4.49. The van der Waals surface area contributed by atoms with Gasteiger partial charge >= 0.3 is 0 Å². The fourth-order valence-corrected chi connectivity index (χ4v) is 2.82. The van der Waals surface area contributed by atoms with Crippen molar-refractivity contribution in [3.63, 3.8) is 0 Å². The number of hydrogen-bond acceptors (Lipinski definition) is 4. The minimum absolute atomic E-state index is 0.148. The predicted molar refractivity (Wildman–Crippen MR) is 83.2 cm³/mol. The van der Waals surface area contributed by atoms with E-state index in [1.807, 2.05) is 25.1 Å². The first-order valence-corrected chi connectivity index (χ1v) is 6.97. The van der Waals surface area contributed by atoms with E-state index in [-0.39, 0.29) is 5.91 Å². The summed E-state index contributed by atoms with van der Waals surface area (Å²) in [6.45, 7) is 1.97. The van der Waals surface area contributed by atoms with Crippen LogP contribution in [0.15, 0.2) is 42.5 Å². The van der Waals surface area contributed by atoms with E-state index >= 15 is 0 Å². The lowest BCUT2D eigenvalue weighted by molar-refractivity contribution is 0.102. The Kier molecular flexibility index (Phi) is 3.12. The van der Waals surface area contributed by atoms with Gasteiger partial charge in [0, 0.05) is 16.9 Å². The maximum absolute atomic E-state index is 12.1. The highest BCUT2D eigenvalue weighted by atomic mass is 32.1. The molecule has 4 nitrogen and oxygen atoms in total. The quantitative estimate of drug-likeness (QED) is 0.708. The van der Waals surface area contributed by atoms with Crippen molar-refractivity contribution in [2.24, 2.45) is 0 Å².